The summed E-state index contributed by atoms with van der Waals surface area (Å²) in [5, 5.41) is -0.616. The summed E-state index contributed by atoms with van der Waals surface area (Å²) in [5.74, 6) is 0.392. The molecule has 1 fully saturated rings. The number of nitrogens with zero attached hydrogens (tertiary/aromatic N) is 1. The van der Waals surface area contributed by atoms with Crippen molar-refractivity contribution in [3.8, 4) is 5.75 Å². The average Bonchev–Trinajstić information content (AvgIpc) is 2.42. The predicted molar refractivity (Wildman–Crippen MR) is 93.5 cm³/mol. The van der Waals surface area contributed by atoms with Gasteiger partial charge in [0.2, 0.25) is 10.0 Å². The van der Waals surface area contributed by atoms with Crippen LogP contribution in [0.3, 0.4) is 0 Å². The number of methoxy groups -OCH3 is 1. The number of hydrogen-bond donors (Lipinski definition) is 0. The number of ether oxygens (including phenoxy) is 1. The van der Waals surface area contributed by atoms with E-state index in [0.29, 0.717) is 6.42 Å². The second-order valence-electron chi connectivity index (χ2n) is 6.51. The largest absolute Gasteiger partial charge is 0.495 e. The molecule has 0 unspecified atom stereocenters. The quantitative estimate of drug-likeness (QED) is 0.725. The standard InChI is InChI=1S/C16H25NO5S2/c1-5-13-6-7-15(22-4)16(8-13)24(20,21)17-9-14(10-17)23(18,19)11-12(2)3/h6-8,12,14H,5,9-11H2,1-4H3. The zero-order valence-corrected chi connectivity index (χ0v) is 16.2. The first kappa shape index (κ1) is 19.2. The van der Waals surface area contributed by atoms with Gasteiger partial charge >= 0.3 is 0 Å². The van der Waals surface area contributed by atoms with Gasteiger partial charge in [-0.3, -0.25) is 0 Å². The van der Waals surface area contributed by atoms with Crippen molar-refractivity contribution in [2.45, 2.75) is 37.3 Å². The molecule has 2 rings (SSSR count). The summed E-state index contributed by atoms with van der Waals surface area (Å²) in [7, 11) is -5.60. The van der Waals surface area contributed by atoms with Crippen LogP contribution in [0.4, 0.5) is 0 Å². The molecular formula is C16H25NO5S2. The third-order valence-electron chi connectivity index (χ3n) is 4.14. The molecule has 0 atom stereocenters. The fourth-order valence-corrected chi connectivity index (χ4v) is 6.65. The lowest BCUT2D eigenvalue weighted by atomic mass is 10.2. The van der Waals surface area contributed by atoms with Crippen LogP contribution in [0.25, 0.3) is 0 Å². The topological polar surface area (TPSA) is 80.8 Å². The minimum absolute atomic E-state index is 0.0108. The summed E-state index contributed by atoms with van der Waals surface area (Å²) in [4.78, 5) is 0.101. The molecule has 1 aromatic carbocycles. The van der Waals surface area contributed by atoms with Gasteiger partial charge in [0.25, 0.3) is 0 Å². The van der Waals surface area contributed by atoms with Crippen molar-refractivity contribution in [1.82, 2.24) is 4.31 Å². The number of hydrogen-bond acceptors (Lipinski definition) is 5. The number of sulfone groups is 1. The van der Waals surface area contributed by atoms with Crippen molar-refractivity contribution in [1.29, 1.82) is 0 Å². The van der Waals surface area contributed by atoms with Crippen molar-refractivity contribution < 1.29 is 21.6 Å². The summed E-state index contributed by atoms with van der Waals surface area (Å²) in [5.41, 5.74) is 0.888. The van der Waals surface area contributed by atoms with Crippen LogP contribution >= 0.6 is 0 Å². The number of rotatable bonds is 7. The Morgan fingerprint density at radius 3 is 2.33 bits per heavy atom. The fourth-order valence-electron chi connectivity index (χ4n) is 2.71. The first-order valence-electron chi connectivity index (χ1n) is 8.00. The Bertz CT molecular complexity index is 794. The lowest BCUT2D eigenvalue weighted by Gasteiger charge is -2.38. The monoisotopic (exact) mass is 375 g/mol. The van der Waals surface area contributed by atoms with E-state index in [1.54, 1.807) is 12.1 Å². The van der Waals surface area contributed by atoms with Crippen LogP contribution in [-0.4, -0.2) is 52.3 Å². The molecular weight excluding hydrogens is 350 g/mol. The average molecular weight is 376 g/mol. The van der Waals surface area contributed by atoms with Crippen molar-refractivity contribution in [2.24, 2.45) is 5.92 Å². The first-order valence-corrected chi connectivity index (χ1v) is 11.2. The molecule has 0 saturated carbocycles. The van der Waals surface area contributed by atoms with E-state index in [9.17, 15) is 16.8 Å². The molecule has 1 aliphatic heterocycles. The summed E-state index contributed by atoms with van der Waals surface area (Å²) >= 11 is 0. The Labute approximate surface area is 144 Å². The molecule has 0 aliphatic carbocycles. The van der Waals surface area contributed by atoms with Gasteiger partial charge in [0.1, 0.15) is 10.6 Å². The molecule has 0 amide bonds. The maximum absolute atomic E-state index is 12.8. The Kier molecular flexibility index (Phi) is 5.61. The maximum atomic E-state index is 12.8. The third-order valence-corrected chi connectivity index (χ3v) is 8.44. The molecule has 6 nitrogen and oxygen atoms in total. The van der Waals surface area contributed by atoms with Crippen LogP contribution in [0.1, 0.15) is 26.3 Å². The maximum Gasteiger partial charge on any atom is 0.246 e. The molecule has 0 N–H and O–H groups in total. The predicted octanol–water partition coefficient (Wildman–Crippen LogP) is 1.70. The van der Waals surface area contributed by atoms with E-state index < -0.39 is 25.1 Å². The molecule has 24 heavy (non-hydrogen) atoms. The Morgan fingerprint density at radius 2 is 1.83 bits per heavy atom. The van der Waals surface area contributed by atoms with Gasteiger partial charge in [0.05, 0.1) is 18.1 Å². The molecule has 0 aromatic heterocycles. The van der Waals surface area contributed by atoms with E-state index in [0.717, 1.165) is 5.56 Å². The Balaban J connectivity index is 2.23. The van der Waals surface area contributed by atoms with Gasteiger partial charge in [-0.25, -0.2) is 16.8 Å². The van der Waals surface area contributed by atoms with E-state index in [2.05, 4.69) is 0 Å². The van der Waals surface area contributed by atoms with E-state index >= 15 is 0 Å². The van der Waals surface area contributed by atoms with Gasteiger partial charge in [-0.1, -0.05) is 26.8 Å². The normalized spacial score (nSPS) is 17.0. The van der Waals surface area contributed by atoms with Crippen LogP contribution in [0, 0.1) is 5.92 Å². The highest BCUT2D eigenvalue weighted by molar-refractivity contribution is 7.92. The molecule has 1 heterocycles. The van der Waals surface area contributed by atoms with Crippen LogP contribution in [-0.2, 0) is 26.3 Å². The summed E-state index contributed by atoms with van der Waals surface area (Å²) < 4.78 is 56.4. The smallest absolute Gasteiger partial charge is 0.246 e. The van der Waals surface area contributed by atoms with E-state index in [1.807, 2.05) is 26.8 Å². The summed E-state index contributed by atoms with van der Waals surface area (Å²) in [6.07, 6.45) is 0.706. The van der Waals surface area contributed by atoms with Crippen LogP contribution in [0.5, 0.6) is 5.75 Å². The zero-order chi connectivity index (χ0) is 18.1. The Hall–Kier alpha value is -1.12. The second-order valence-corrected chi connectivity index (χ2v) is 10.7. The number of sulfonamides is 1. The molecule has 8 heteroatoms. The minimum atomic E-state index is -3.76. The molecule has 0 radical (unpaired) electrons. The molecule has 1 aromatic rings. The van der Waals surface area contributed by atoms with Crippen molar-refractivity contribution in [3.63, 3.8) is 0 Å². The van der Waals surface area contributed by atoms with Crippen molar-refractivity contribution in [3.05, 3.63) is 23.8 Å². The van der Waals surface area contributed by atoms with E-state index in [4.69, 9.17) is 4.74 Å². The third kappa shape index (κ3) is 3.75. The SMILES string of the molecule is CCc1ccc(OC)c(S(=O)(=O)N2CC(S(=O)(=O)CC(C)C)C2)c1. The van der Waals surface area contributed by atoms with Gasteiger partial charge in [-0.2, -0.15) is 4.31 Å². The fraction of sp³-hybridized carbons (Fsp3) is 0.625. The van der Waals surface area contributed by atoms with Gasteiger partial charge < -0.3 is 4.74 Å². The van der Waals surface area contributed by atoms with Gasteiger partial charge in [-0.15, -0.1) is 0 Å². The van der Waals surface area contributed by atoms with Crippen molar-refractivity contribution in [2.75, 3.05) is 26.0 Å². The summed E-state index contributed by atoms with van der Waals surface area (Å²) in [6.45, 7) is 5.64. The molecule has 1 aliphatic rings. The lowest BCUT2D eigenvalue weighted by Crippen LogP contribution is -2.57. The molecule has 0 bridgehead atoms. The van der Waals surface area contributed by atoms with Gasteiger partial charge in [-0.05, 0) is 30.0 Å². The van der Waals surface area contributed by atoms with Gasteiger partial charge in [0, 0.05) is 13.1 Å². The second kappa shape index (κ2) is 7.01. The molecule has 1 saturated heterocycles. The van der Waals surface area contributed by atoms with Crippen LogP contribution in [0.15, 0.2) is 23.1 Å². The lowest BCUT2D eigenvalue weighted by molar-refractivity contribution is 0.307. The molecule has 0 spiro atoms. The number of benzene rings is 1. The highest BCUT2D eigenvalue weighted by atomic mass is 32.2. The highest BCUT2D eigenvalue weighted by Crippen LogP contribution is 2.32. The molecule has 136 valence electrons. The van der Waals surface area contributed by atoms with Crippen molar-refractivity contribution >= 4 is 19.9 Å². The highest BCUT2D eigenvalue weighted by Gasteiger charge is 2.44. The van der Waals surface area contributed by atoms with Crippen LogP contribution in [0.2, 0.25) is 0 Å². The number of aryl methyl sites for hydroxylation is 1. The minimum Gasteiger partial charge on any atom is -0.495 e. The Morgan fingerprint density at radius 1 is 1.21 bits per heavy atom. The van der Waals surface area contributed by atoms with Gasteiger partial charge in [0.15, 0.2) is 9.84 Å². The van der Waals surface area contributed by atoms with E-state index in [-0.39, 0.29) is 35.4 Å². The first-order chi connectivity index (χ1) is 11.1. The van der Waals surface area contributed by atoms with Crippen LogP contribution < -0.4 is 4.74 Å². The summed E-state index contributed by atoms with van der Waals surface area (Å²) in [6, 6.07) is 5.06. The van der Waals surface area contributed by atoms with E-state index in [1.165, 1.54) is 11.4 Å². The zero-order valence-electron chi connectivity index (χ0n) is 14.5.